The summed E-state index contributed by atoms with van der Waals surface area (Å²) in [4.78, 5) is 13.5. The Hall–Kier alpha value is -1.40. The number of carbonyl (C=O) groups is 1. The summed E-state index contributed by atoms with van der Waals surface area (Å²) in [6, 6.07) is 1.84. The predicted molar refractivity (Wildman–Crippen MR) is 69.4 cm³/mol. The average molecular weight is 270 g/mol. The first-order chi connectivity index (χ1) is 9.19. The van der Waals surface area contributed by atoms with Gasteiger partial charge in [-0.1, -0.05) is 12.1 Å². The lowest BCUT2D eigenvalue weighted by Crippen LogP contribution is -2.31. The molecule has 0 aromatic carbocycles. The Morgan fingerprint density at radius 3 is 2.89 bits per heavy atom. The summed E-state index contributed by atoms with van der Waals surface area (Å²) in [6.07, 6.45) is 0.961. The van der Waals surface area contributed by atoms with Crippen molar-refractivity contribution in [1.29, 1.82) is 0 Å². The van der Waals surface area contributed by atoms with Crippen LogP contribution >= 0.6 is 0 Å². The van der Waals surface area contributed by atoms with Gasteiger partial charge in [-0.3, -0.25) is 9.69 Å². The third kappa shape index (κ3) is 5.85. The van der Waals surface area contributed by atoms with Crippen LogP contribution in [0.25, 0.3) is 0 Å². The van der Waals surface area contributed by atoms with Crippen LogP contribution in [0.1, 0.15) is 31.7 Å². The minimum atomic E-state index is -0.212. The molecule has 0 spiro atoms. The topological polar surface area (TPSA) is 64.8 Å². The van der Waals surface area contributed by atoms with E-state index in [0.717, 1.165) is 18.7 Å². The minimum Gasteiger partial charge on any atom is -0.465 e. The molecule has 0 unspecified atom stereocenters. The van der Waals surface area contributed by atoms with E-state index < -0.39 is 0 Å². The molecule has 1 aromatic rings. The Morgan fingerprint density at radius 2 is 2.26 bits per heavy atom. The molecule has 19 heavy (non-hydrogen) atoms. The van der Waals surface area contributed by atoms with Crippen molar-refractivity contribution in [2.75, 3.05) is 26.8 Å². The summed E-state index contributed by atoms with van der Waals surface area (Å²) in [7, 11) is 1.60. The van der Waals surface area contributed by atoms with E-state index in [-0.39, 0.29) is 12.5 Å². The Kier molecular flexibility index (Phi) is 7.14. The number of hydrogen-bond acceptors (Lipinski definition) is 6. The van der Waals surface area contributed by atoms with Gasteiger partial charge in [0.25, 0.3) is 0 Å². The van der Waals surface area contributed by atoms with Crippen molar-refractivity contribution in [3.8, 4) is 0 Å². The molecule has 0 N–H and O–H groups in total. The lowest BCUT2D eigenvalue weighted by Gasteiger charge is -2.18. The Balaban J connectivity index is 2.53. The van der Waals surface area contributed by atoms with Gasteiger partial charge in [0.15, 0.2) is 5.76 Å². The number of esters is 1. The zero-order chi connectivity index (χ0) is 14.1. The second-order valence-electron chi connectivity index (χ2n) is 4.23. The monoisotopic (exact) mass is 270 g/mol. The van der Waals surface area contributed by atoms with Crippen molar-refractivity contribution in [1.82, 2.24) is 10.1 Å². The SMILES string of the molecule is CCCN(CC(=O)OCC)Cc1cc(COC)on1. The number of aromatic nitrogens is 1. The summed E-state index contributed by atoms with van der Waals surface area (Å²) in [5.74, 6) is 0.474. The van der Waals surface area contributed by atoms with Gasteiger partial charge in [-0.05, 0) is 19.9 Å². The molecule has 0 radical (unpaired) electrons. The van der Waals surface area contributed by atoms with Crippen molar-refractivity contribution in [3.05, 3.63) is 17.5 Å². The van der Waals surface area contributed by atoms with E-state index in [4.69, 9.17) is 14.0 Å². The third-order valence-electron chi connectivity index (χ3n) is 2.48. The zero-order valence-corrected chi connectivity index (χ0v) is 11.8. The first-order valence-corrected chi connectivity index (χ1v) is 6.51. The van der Waals surface area contributed by atoms with Gasteiger partial charge in [-0.2, -0.15) is 0 Å². The van der Waals surface area contributed by atoms with Crippen molar-refractivity contribution in [3.63, 3.8) is 0 Å². The van der Waals surface area contributed by atoms with E-state index in [1.807, 2.05) is 11.0 Å². The van der Waals surface area contributed by atoms with E-state index >= 15 is 0 Å². The molecule has 108 valence electrons. The molecule has 0 fully saturated rings. The van der Waals surface area contributed by atoms with Crippen molar-refractivity contribution in [2.45, 2.75) is 33.4 Å². The molecule has 0 saturated heterocycles. The van der Waals surface area contributed by atoms with Gasteiger partial charge in [-0.25, -0.2) is 0 Å². The fourth-order valence-corrected chi connectivity index (χ4v) is 1.79. The van der Waals surface area contributed by atoms with Gasteiger partial charge < -0.3 is 14.0 Å². The van der Waals surface area contributed by atoms with Gasteiger partial charge in [0.2, 0.25) is 0 Å². The molecule has 6 heteroatoms. The molecule has 0 bridgehead atoms. The van der Waals surface area contributed by atoms with Crippen LogP contribution in [-0.2, 0) is 27.4 Å². The van der Waals surface area contributed by atoms with Crippen LogP contribution in [0.3, 0.4) is 0 Å². The summed E-state index contributed by atoms with van der Waals surface area (Å²) >= 11 is 0. The van der Waals surface area contributed by atoms with Crippen molar-refractivity contribution >= 4 is 5.97 Å². The highest BCUT2D eigenvalue weighted by Crippen LogP contribution is 2.08. The van der Waals surface area contributed by atoms with Gasteiger partial charge >= 0.3 is 5.97 Å². The number of ether oxygens (including phenoxy) is 2. The molecule has 0 aliphatic rings. The number of methoxy groups -OCH3 is 1. The van der Waals surface area contributed by atoms with Crippen LogP contribution in [0.15, 0.2) is 10.6 Å². The molecular formula is C13H22N2O4. The number of hydrogen-bond donors (Lipinski definition) is 0. The van der Waals surface area contributed by atoms with E-state index in [9.17, 15) is 4.79 Å². The first kappa shape index (κ1) is 15.7. The summed E-state index contributed by atoms with van der Waals surface area (Å²) in [5.41, 5.74) is 0.796. The van der Waals surface area contributed by atoms with Gasteiger partial charge in [0.05, 0.1) is 18.8 Å². The van der Waals surface area contributed by atoms with Gasteiger partial charge in [0, 0.05) is 19.7 Å². The minimum absolute atomic E-state index is 0.212. The quantitative estimate of drug-likeness (QED) is 0.635. The second kappa shape index (κ2) is 8.66. The first-order valence-electron chi connectivity index (χ1n) is 6.51. The molecule has 0 aliphatic carbocycles. The molecule has 0 aliphatic heterocycles. The Bertz CT molecular complexity index is 378. The van der Waals surface area contributed by atoms with Gasteiger partial charge in [0.1, 0.15) is 6.61 Å². The maximum atomic E-state index is 11.5. The highest BCUT2D eigenvalue weighted by atomic mass is 16.5. The summed E-state index contributed by atoms with van der Waals surface area (Å²) < 4.78 is 15.0. The largest absolute Gasteiger partial charge is 0.465 e. The van der Waals surface area contributed by atoms with Crippen LogP contribution < -0.4 is 0 Å². The van der Waals surface area contributed by atoms with Crippen LogP contribution in [0.2, 0.25) is 0 Å². The zero-order valence-electron chi connectivity index (χ0n) is 11.8. The van der Waals surface area contributed by atoms with Crippen molar-refractivity contribution < 1.29 is 18.8 Å². The van der Waals surface area contributed by atoms with E-state index in [1.165, 1.54) is 0 Å². The normalized spacial score (nSPS) is 10.9. The van der Waals surface area contributed by atoms with Crippen LogP contribution in [0, 0.1) is 0 Å². The average Bonchev–Trinajstić information content (AvgIpc) is 2.77. The molecule has 6 nitrogen and oxygen atoms in total. The molecule has 0 amide bonds. The van der Waals surface area contributed by atoms with Crippen LogP contribution in [0.5, 0.6) is 0 Å². The highest BCUT2D eigenvalue weighted by Gasteiger charge is 2.13. The number of nitrogens with zero attached hydrogens (tertiary/aromatic N) is 2. The predicted octanol–water partition coefficient (Wildman–Crippen LogP) is 1.60. The lowest BCUT2D eigenvalue weighted by molar-refractivity contribution is -0.144. The molecular weight excluding hydrogens is 248 g/mol. The van der Waals surface area contributed by atoms with Crippen molar-refractivity contribution in [2.24, 2.45) is 0 Å². The Morgan fingerprint density at radius 1 is 1.47 bits per heavy atom. The van der Waals surface area contributed by atoms with Crippen LogP contribution in [-0.4, -0.2) is 42.8 Å². The molecule has 0 atom stereocenters. The molecule has 1 rings (SSSR count). The molecule has 1 heterocycles. The third-order valence-corrected chi connectivity index (χ3v) is 2.48. The highest BCUT2D eigenvalue weighted by molar-refractivity contribution is 5.71. The standard InChI is InChI=1S/C13H22N2O4/c1-4-6-15(9-13(16)18-5-2)8-11-7-12(10-17-3)19-14-11/h7H,4-6,8-10H2,1-3H3. The summed E-state index contributed by atoms with van der Waals surface area (Å²) in [6.45, 7) is 6.33. The number of rotatable bonds is 9. The fourth-order valence-electron chi connectivity index (χ4n) is 1.79. The lowest BCUT2D eigenvalue weighted by atomic mass is 10.3. The van der Waals surface area contributed by atoms with Gasteiger partial charge in [-0.15, -0.1) is 0 Å². The maximum absolute atomic E-state index is 11.5. The van der Waals surface area contributed by atoms with E-state index in [1.54, 1.807) is 14.0 Å². The fraction of sp³-hybridized carbons (Fsp3) is 0.692. The molecule has 1 aromatic heterocycles. The number of carbonyl (C=O) groups excluding carboxylic acids is 1. The second-order valence-corrected chi connectivity index (χ2v) is 4.23. The smallest absolute Gasteiger partial charge is 0.320 e. The van der Waals surface area contributed by atoms with Crippen LogP contribution in [0.4, 0.5) is 0 Å². The Labute approximate surface area is 113 Å². The molecule has 0 saturated carbocycles. The maximum Gasteiger partial charge on any atom is 0.320 e. The summed E-state index contributed by atoms with van der Waals surface area (Å²) in [5, 5.41) is 3.96. The van der Waals surface area contributed by atoms with E-state index in [2.05, 4.69) is 12.1 Å². The van der Waals surface area contributed by atoms with E-state index in [0.29, 0.717) is 25.5 Å².